The van der Waals surface area contributed by atoms with Crippen molar-refractivity contribution in [3.05, 3.63) is 0 Å². The van der Waals surface area contributed by atoms with Crippen molar-refractivity contribution < 1.29 is 14.7 Å². The predicted molar refractivity (Wildman–Crippen MR) is 48.3 cm³/mol. The Morgan fingerprint density at radius 3 is 2.69 bits per heavy atom. The molecule has 0 bridgehead atoms. The summed E-state index contributed by atoms with van der Waals surface area (Å²) in [6, 6.07) is -0.604. The van der Waals surface area contributed by atoms with Crippen molar-refractivity contribution in [3.8, 4) is 0 Å². The highest BCUT2D eigenvalue weighted by atomic mass is 32.2. The summed E-state index contributed by atoms with van der Waals surface area (Å²) in [5, 5.41) is 8.94. The van der Waals surface area contributed by atoms with Crippen LogP contribution in [-0.4, -0.2) is 39.6 Å². The summed E-state index contributed by atoms with van der Waals surface area (Å²) in [5.74, 6) is 0.192. The van der Waals surface area contributed by atoms with Gasteiger partial charge in [0, 0.05) is 5.75 Å². The van der Waals surface area contributed by atoms with Gasteiger partial charge in [0.1, 0.15) is 6.04 Å². The topological polar surface area (TPSA) is 57.6 Å². The zero-order chi connectivity index (χ0) is 9.42. The van der Waals surface area contributed by atoms with Crippen molar-refractivity contribution in [1.82, 2.24) is 4.90 Å². The molecule has 2 aliphatic rings. The Morgan fingerprint density at radius 2 is 2.23 bits per heavy atom. The van der Waals surface area contributed by atoms with Crippen molar-refractivity contribution >= 4 is 24.1 Å². The summed E-state index contributed by atoms with van der Waals surface area (Å²) in [6.45, 7) is 0. The molecule has 1 amide bonds. The molecule has 1 aliphatic carbocycles. The molecule has 0 aromatic heterocycles. The van der Waals surface area contributed by atoms with Gasteiger partial charge in [0.2, 0.25) is 6.41 Å². The summed E-state index contributed by atoms with van der Waals surface area (Å²) >= 11 is 1.60. The summed E-state index contributed by atoms with van der Waals surface area (Å²) in [7, 11) is 0. The molecule has 72 valence electrons. The fourth-order valence-corrected chi connectivity index (χ4v) is 3.24. The number of thioether (sulfide) groups is 1. The molecule has 13 heavy (non-hydrogen) atoms. The Hall–Kier alpha value is -0.710. The lowest BCUT2D eigenvalue weighted by Gasteiger charge is -2.21. The number of carboxylic acid groups (broad SMARTS) is 1. The molecule has 5 heteroatoms. The Morgan fingerprint density at radius 1 is 1.54 bits per heavy atom. The fourth-order valence-electron chi connectivity index (χ4n) is 1.63. The van der Waals surface area contributed by atoms with Crippen LogP contribution < -0.4 is 0 Å². The van der Waals surface area contributed by atoms with E-state index < -0.39 is 12.0 Å². The van der Waals surface area contributed by atoms with E-state index in [0.717, 1.165) is 12.8 Å². The molecule has 1 saturated heterocycles. The molecule has 1 N–H and O–H groups in total. The van der Waals surface area contributed by atoms with Crippen molar-refractivity contribution in [1.29, 1.82) is 0 Å². The molecule has 2 rings (SSSR count). The number of carbonyl (C=O) groups is 2. The van der Waals surface area contributed by atoms with Gasteiger partial charge in [-0.15, -0.1) is 11.8 Å². The molecule has 2 fully saturated rings. The number of hydrogen-bond acceptors (Lipinski definition) is 3. The minimum Gasteiger partial charge on any atom is -0.480 e. The number of nitrogens with zero attached hydrogens (tertiary/aromatic N) is 1. The third kappa shape index (κ3) is 1.52. The molecule has 0 spiro atoms. The smallest absolute Gasteiger partial charge is 0.327 e. The van der Waals surface area contributed by atoms with Gasteiger partial charge in [0.05, 0.1) is 5.37 Å². The first-order valence-corrected chi connectivity index (χ1v) is 5.36. The molecule has 0 radical (unpaired) electrons. The summed E-state index contributed by atoms with van der Waals surface area (Å²) in [4.78, 5) is 22.9. The average Bonchev–Trinajstić information content (AvgIpc) is 2.84. The van der Waals surface area contributed by atoms with E-state index >= 15 is 0 Å². The maximum absolute atomic E-state index is 10.7. The number of carbonyl (C=O) groups excluding carboxylic acids is 1. The molecule has 0 aromatic rings. The van der Waals surface area contributed by atoms with E-state index in [1.807, 2.05) is 0 Å². The van der Waals surface area contributed by atoms with Crippen LogP contribution in [0.15, 0.2) is 0 Å². The van der Waals surface area contributed by atoms with E-state index in [4.69, 9.17) is 5.11 Å². The first-order chi connectivity index (χ1) is 6.24. The lowest BCUT2D eigenvalue weighted by atomic mass is 10.3. The standard InChI is InChI=1S/C8H11NO3S/c10-4-9-6(8(11)12)3-13-7(9)5-1-2-5/h4-7H,1-3H2,(H,11,12). The van der Waals surface area contributed by atoms with Crippen LogP contribution in [0.2, 0.25) is 0 Å². The van der Waals surface area contributed by atoms with Gasteiger partial charge in [-0.2, -0.15) is 0 Å². The SMILES string of the molecule is O=CN1C(C(=O)O)CSC1C1CC1. The van der Waals surface area contributed by atoms with Gasteiger partial charge in [0.25, 0.3) is 0 Å². The van der Waals surface area contributed by atoms with E-state index in [0.29, 0.717) is 18.1 Å². The highest BCUT2D eigenvalue weighted by molar-refractivity contribution is 8.00. The Bertz CT molecular complexity index is 242. The molecular weight excluding hydrogens is 190 g/mol. The quantitative estimate of drug-likeness (QED) is 0.671. The number of carboxylic acids is 1. The normalized spacial score (nSPS) is 33.4. The highest BCUT2D eigenvalue weighted by Crippen LogP contribution is 2.44. The van der Waals surface area contributed by atoms with Gasteiger partial charge >= 0.3 is 5.97 Å². The van der Waals surface area contributed by atoms with Crippen LogP contribution in [0, 0.1) is 5.92 Å². The number of rotatable bonds is 3. The largest absolute Gasteiger partial charge is 0.480 e. The molecule has 1 heterocycles. The first kappa shape index (κ1) is 8.87. The molecular formula is C8H11NO3S. The van der Waals surface area contributed by atoms with Gasteiger partial charge in [-0.3, -0.25) is 4.79 Å². The van der Waals surface area contributed by atoms with Crippen LogP contribution >= 0.6 is 11.8 Å². The molecule has 4 nitrogen and oxygen atoms in total. The zero-order valence-electron chi connectivity index (χ0n) is 7.05. The van der Waals surface area contributed by atoms with E-state index in [2.05, 4.69) is 0 Å². The van der Waals surface area contributed by atoms with E-state index in [9.17, 15) is 9.59 Å². The second-order valence-electron chi connectivity index (χ2n) is 3.47. The molecule has 2 unspecified atom stereocenters. The number of aliphatic carboxylic acids is 1. The lowest BCUT2D eigenvalue weighted by Crippen LogP contribution is -2.41. The summed E-state index contributed by atoms with van der Waals surface area (Å²) in [6.07, 6.45) is 2.95. The minimum absolute atomic E-state index is 0.124. The first-order valence-electron chi connectivity index (χ1n) is 4.31. The molecule has 0 aromatic carbocycles. The van der Waals surface area contributed by atoms with Crippen LogP contribution in [-0.2, 0) is 9.59 Å². The number of hydrogen-bond donors (Lipinski definition) is 1. The zero-order valence-corrected chi connectivity index (χ0v) is 7.87. The molecule has 1 aliphatic heterocycles. The van der Waals surface area contributed by atoms with Gasteiger partial charge in [0.15, 0.2) is 0 Å². The maximum atomic E-state index is 10.7. The van der Waals surface area contributed by atoms with Gasteiger partial charge in [-0.25, -0.2) is 4.79 Å². The maximum Gasteiger partial charge on any atom is 0.327 e. The molecule has 2 atom stereocenters. The van der Waals surface area contributed by atoms with Crippen molar-refractivity contribution in [2.24, 2.45) is 5.92 Å². The summed E-state index contributed by atoms with van der Waals surface area (Å²) < 4.78 is 0. The minimum atomic E-state index is -0.886. The van der Waals surface area contributed by atoms with Crippen LogP contribution in [0.25, 0.3) is 0 Å². The van der Waals surface area contributed by atoms with Gasteiger partial charge in [-0.05, 0) is 18.8 Å². The van der Waals surface area contributed by atoms with Gasteiger partial charge in [-0.1, -0.05) is 0 Å². The average molecular weight is 201 g/mol. The predicted octanol–water partition coefficient (Wildman–Crippen LogP) is 0.381. The second kappa shape index (κ2) is 3.21. The highest BCUT2D eigenvalue weighted by Gasteiger charge is 2.45. The lowest BCUT2D eigenvalue weighted by molar-refractivity contribution is -0.145. The van der Waals surface area contributed by atoms with Crippen LogP contribution in [0.1, 0.15) is 12.8 Å². The second-order valence-corrected chi connectivity index (χ2v) is 4.62. The van der Waals surface area contributed by atoms with E-state index in [1.54, 1.807) is 11.8 Å². The van der Waals surface area contributed by atoms with E-state index in [-0.39, 0.29) is 5.37 Å². The van der Waals surface area contributed by atoms with E-state index in [1.165, 1.54) is 4.90 Å². The van der Waals surface area contributed by atoms with Crippen LogP contribution in [0.4, 0.5) is 0 Å². The Balaban J connectivity index is 2.08. The number of amides is 1. The van der Waals surface area contributed by atoms with Crippen molar-refractivity contribution in [2.75, 3.05) is 5.75 Å². The Kier molecular flexibility index (Phi) is 2.19. The van der Waals surface area contributed by atoms with Crippen LogP contribution in [0.3, 0.4) is 0 Å². The monoisotopic (exact) mass is 201 g/mol. The molecule has 1 saturated carbocycles. The fraction of sp³-hybridized carbons (Fsp3) is 0.750. The van der Waals surface area contributed by atoms with Gasteiger partial charge < -0.3 is 10.0 Å². The van der Waals surface area contributed by atoms with Crippen LogP contribution in [0.5, 0.6) is 0 Å². The van der Waals surface area contributed by atoms with Crippen molar-refractivity contribution in [3.63, 3.8) is 0 Å². The summed E-state index contributed by atoms with van der Waals surface area (Å²) in [5.41, 5.74) is 0. The third-order valence-corrected chi connectivity index (χ3v) is 3.99. The Labute approximate surface area is 80.3 Å². The third-order valence-electron chi connectivity index (χ3n) is 2.51. The van der Waals surface area contributed by atoms with Crippen molar-refractivity contribution in [2.45, 2.75) is 24.3 Å².